The number of rotatable bonds is 1. The van der Waals surface area contributed by atoms with Crippen molar-refractivity contribution in [2.45, 2.75) is 32.1 Å². The fourth-order valence-electron chi connectivity index (χ4n) is 2.82. The van der Waals surface area contributed by atoms with E-state index in [1.807, 2.05) is 0 Å². The maximum absolute atomic E-state index is 11.0. The number of carboxylic acids is 1. The first-order valence-corrected chi connectivity index (χ1v) is 5.18. The van der Waals surface area contributed by atoms with Crippen LogP contribution in [0.3, 0.4) is 0 Å². The first-order chi connectivity index (χ1) is 6.29. The standard InChI is InChI=1S/C11H16O2.CH2.H2O/c12-11(13)10-7-3-5-8-4-1-2-6-9(8)10;;/h1,4,8-10H,2-3,5-7H2,(H,12,13);2*1H2. The van der Waals surface area contributed by atoms with Crippen molar-refractivity contribution in [1.82, 2.24) is 0 Å². The third-order valence-corrected chi connectivity index (χ3v) is 3.49. The van der Waals surface area contributed by atoms with Crippen LogP contribution >= 0.6 is 0 Å². The van der Waals surface area contributed by atoms with Gasteiger partial charge in [-0.3, -0.25) is 4.79 Å². The van der Waals surface area contributed by atoms with E-state index in [4.69, 9.17) is 5.11 Å². The molecule has 1 saturated carbocycles. The third kappa shape index (κ3) is 2.81. The van der Waals surface area contributed by atoms with E-state index in [2.05, 4.69) is 12.2 Å². The zero-order valence-corrected chi connectivity index (χ0v) is 8.98. The van der Waals surface area contributed by atoms with Crippen LogP contribution in [0.5, 0.6) is 0 Å². The van der Waals surface area contributed by atoms with Crippen LogP contribution in [0.2, 0.25) is 0 Å². The lowest BCUT2D eigenvalue weighted by atomic mass is 9.68. The van der Waals surface area contributed by atoms with E-state index in [0.717, 1.165) is 25.7 Å². The second-order valence-corrected chi connectivity index (χ2v) is 4.21. The first kappa shape index (κ1) is 14.2. The van der Waals surface area contributed by atoms with Gasteiger partial charge in [0.15, 0.2) is 0 Å². The van der Waals surface area contributed by atoms with Gasteiger partial charge in [0.1, 0.15) is 0 Å². The van der Waals surface area contributed by atoms with Crippen molar-refractivity contribution >= 4 is 5.97 Å². The summed E-state index contributed by atoms with van der Waals surface area (Å²) in [4.78, 5) is 11.0. The molecule has 0 aromatic heterocycles. The highest BCUT2D eigenvalue weighted by Crippen LogP contribution is 2.40. The van der Waals surface area contributed by atoms with Crippen molar-refractivity contribution in [2.75, 3.05) is 0 Å². The topological polar surface area (TPSA) is 68.8 Å². The Bertz CT molecular complexity index is 235. The predicted molar refractivity (Wildman–Crippen MR) is 59.3 cm³/mol. The lowest BCUT2D eigenvalue weighted by molar-refractivity contribution is -0.145. The molecule has 0 aliphatic heterocycles. The van der Waals surface area contributed by atoms with Crippen molar-refractivity contribution < 1.29 is 15.4 Å². The maximum Gasteiger partial charge on any atom is 0.306 e. The second-order valence-electron chi connectivity index (χ2n) is 4.21. The summed E-state index contributed by atoms with van der Waals surface area (Å²) in [5, 5.41) is 9.05. The average Bonchev–Trinajstić information content (AvgIpc) is 2.17. The second kappa shape index (κ2) is 5.91. The summed E-state index contributed by atoms with van der Waals surface area (Å²) in [7, 11) is 0. The highest BCUT2D eigenvalue weighted by Gasteiger charge is 2.36. The monoisotopic (exact) mass is 212 g/mol. The van der Waals surface area contributed by atoms with E-state index in [0.29, 0.717) is 11.8 Å². The van der Waals surface area contributed by atoms with Gasteiger partial charge in [0.05, 0.1) is 5.92 Å². The number of hydrogen-bond acceptors (Lipinski definition) is 1. The van der Waals surface area contributed by atoms with Crippen LogP contribution in [0.4, 0.5) is 0 Å². The molecule has 3 unspecified atom stereocenters. The van der Waals surface area contributed by atoms with Gasteiger partial charge in [0.25, 0.3) is 0 Å². The molecule has 15 heavy (non-hydrogen) atoms. The van der Waals surface area contributed by atoms with Gasteiger partial charge in [-0.2, -0.15) is 0 Å². The van der Waals surface area contributed by atoms with Crippen LogP contribution in [0, 0.1) is 25.2 Å². The van der Waals surface area contributed by atoms with Crippen molar-refractivity contribution in [3.63, 3.8) is 0 Å². The predicted octanol–water partition coefficient (Wildman–Crippen LogP) is 1.96. The van der Waals surface area contributed by atoms with Gasteiger partial charge in [-0.1, -0.05) is 26.0 Å². The van der Waals surface area contributed by atoms with Gasteiger partial charge in [0, 0.05) is 0 Å². The smallest absolute Gasteiger partial charge is 0.306 e. The van der Waals surface area contributed by atoms with E-state index in [1.54, 1.807) is 0 Å². The Kier molecular flexibility index (Phi) is 5.58. The van der Waals surface area contributed by atoms with E-state index in [-0.39, 0.29) is 18.8 Å². The Balaban J connectivity index is 0.000000980. The SMILES string of the molecule is O.O=C(O)C1CCCC2C=CCCC21.[CH2]. The van der Waals surface area contributed by atoms with Crippen LogP contribution in [0.25, 0.3) is 0 Å². The number of allylic oxidation sites excluding steroid dienone is 2. The Morgan fingerprint density at radius 3 is 2.67 bits per heavy atom. The van der Waals surface area contributed by atoms with Gasteiger partial charge >= 0.3 is 5.97 Å². The summed E-state index contributed by atoms with van der Waals surface area (Å²) < 4.78 is 0. The van der Waals surface area contributed by atoms with Crippen LogP contribution in [0.15, 0.2) is 12.2 Å². The summed E-state index contributed by atoms with van der Waals surface area (Å²) in [5.41, 5.74) is 0. The molecule has 0 amide bonds. The Morgan fingerprint density at radius 2 is 2.00 bits per heavy atom. The molecule has 0 saturated heterocycles. The van der Waals surface area contributed by atoms with Crippen LogP contribution in [-0.4, -0.2) is 16.6 Å². The van der Waals surface area contributed by atoms with Crippen molar-refractivity contribution in [3.05, 3.63) is 19.6 Å². The quantitative estimate of drug-likeness (QED) is 0.675. The highest BCUT2D eigenvalue weighted by molar-refractivity contribution is 5.70. The number of aliphatic carboxylic acids is 1. The molecule has 2 aliphatic rings. The molecule has 2 aliphatic carbocycles. The summed E-state index contributed by atoms with van der Waals surface area (Å²) >= 11 is 0. The van der Waals surface area contributed by atoms with Crippen LogP contribution in [0.1, 0.15) is 32.1 Å². The van der Waals surface area contributed by atoms with E-state index in [9.17, 15) is 4.79 Å². The molecule has 3 N–H and O–H groups in total. The van der Waals surface area contributed by atoms with Crippen molar-refractivity contribution in [1.29, 1.82) is 0 Å². The minimum Gasteiger partial charge on any atom is -0.481 e. The lowest BCUT2D eigenvalue weighted by Crippen LogP contribution is -2.33. The van der Waals surface area contributed by atoms with E-state index < -0.39 is 5.97 Å². The zero-order chi connectivity index (χ0) is 9.26. The molecule has 0 bridgehead atoms. The molecule has 0 heterocycles. The van der Waals surface area contributed by atoms with Gasteiger partial charge in [0.2, 0.25) is 0 Å². The van der Waals surface area contributed by atoms with Crippen molar-refractivity contribution in [3.8, 4) is 0 Å². The largest absolute Gasteiger partial charge is 0.481 e. The molecule has 0 aromatic carbocycles. The molecule has 3 atom stereocenters. The molecule has 2 radical (unpaired) electrons. The maximum atomic E-state index is 11.0. The Hall–Kier alpha value is -0.830. The van der Waals surface area contributed by atoms with E-state index >= 15 is 0 Å². The number of carboxylic acid groups (broad SMARTS) is 1. The zero-order valence-electron chi connectivity index (χ0n) is 8.98. The normalized spacial score (nSPS) is 33.2. The average molecular weight is 212 g/mol. The first-order valence-electron chi connectivity index (χ1n) is 5.18. The highest BCUT2D eigenvalue weighted by atomic mass is 16.4. The minimum absolute atomic E-state index is 0. The van der Waals surface area contributed by atoms with Gasteiger partial charge in [-0.05, 0) is 37.5 Å². The molecular formula is C12H20O3. The Morgan fingerprint density at radius 1 is 1.27 bits per heavy atom. The summed E-state index contributed by atoms with van der Waals surface area (Å²) in [6.07, 6.45) is 9.79. The molecule has 0 aromatic rings. The lowest BCUT2D eigenvalue weighted by Gasteiger charge is -2.36. The van der Waals surface area contributed by atoms with Gasteiger partial charge in [-0.25, -0.2) is 0 Å². The summed E-state index contributed by atoms with van der Waals surface area (Å²) in [5.74, 6) is 0.341. The van der Waals surface area contributed by atoms with E-state index in [1.165, 1.54) is 6.42 Å². The number of fused-ring (bicyclic) bond motifs is 1. The molecule has 0 spiro atoms. The summed E-state index contributed by atoms with van der Waals surface area (Å²) in [6.45, 7) is 0. The Labute approximate surface area is 91.5 Å². The summed E-state index contributed by atoms with van der Waals surface area (Å²) in [6, 6.07) is 0. The molecule has 2 rings (SSSR count). The number of hydrogen-bond donors (Lipinski definition) is 1. The fraction of sp³-hybridized carbons (Fsp3) is 0.667. The molecule has 86 valence electrons. The molecule has 3 nitrogen and oxygen atoms in total. The van der Waals surface area contributed by atoms with Crippen LogP contribution in [-0.2, 0) is 4.79 Å². The van der Waals surface area contributed by atoms with Crippen molar-refractivity contribution in [2.24, 2.45) is 17.8 Å². The third-order valence-electron chi connectivity index (χ3n) is 3.49. The number of carbonyl (C=O) groups is 1. The minimum atomic E-state index is -0.579. The molecule has 3 heteroatoms. The van der Waals surface area contributed by atoms with Gasteiger partial charge in [-0.15, -0.1) is 0 Å². The van der Waals surface area contributed by atoms with Gasteiger partial charge < -0.3 is 10.6 Å². The molecular weight excluding hydrogens is 192 g/mol. The fourth-order valence-corrected chi connectivity index (χ4v) is 2.82. The molecule has 1 fully saturated rings. The van der Waals surface area contributed by atoms with Crippen LogP contribution < -0.4 is 0 Å².